The van der Waals surface area contributed by atoms with Gasteiger partial charge in [0.25, 0.3) is 0 Å². The van der Waals surface area contributed by atoms with Gasteiger partial charge in [-0.25, -0.2) is 0 Å². The van der Waals surface area contributed by atoms with Gasteiger partial charge in [-0.05, 0) is 25.5 Å². The Morgan fingerprint density at radius 1 is 1.50 bits per heavy atom. The molecule has 78 valence electrons. The van der Waals surface area contributed by atoms with Gasteiger partial charge in [-0.2, -0.15) is 0 Å². The average Bonchev–Trinajstić information content (AvgIpc) is 2.19. The van der Waals surface area contributed by atoms with Crippen molar-refractivity contribution >= 4 is 15.9 Å². The molecular weight excluding hydrogens is 242 g/mol. The summed E-state index contributed by atoms with van der Waals surface area (Å²) < 4.78 is 5.68. The molecule has 0 fully saturated rings. The number of ether oxygens (including phenoxy) is 1. The van der Waals surface area contributed by atoms with Crippen LogP contribution in [-0.2, 0) is 5.33 Å². The van der Waals surface area contributed by atoms with Crippen LogP contribution in [0.2, 0.25) is 0 Å². The number of aromatic nitrogens is 1. The normalized spacial score (nSPS) is 12.5. The number of nitrogens with zero attached hydrogens (tertiary/aromatic N) is 1. The van der Waals surface area contributed by atoms with Crippen molar-refractivity contribution in [3.8, 4) is 5.75 Å². The molecule has 0 aliphatic carbocycles. The minimum Gasteiger partial charge on any atom is -0.489 e. The highest BCUT2D eigenvalue weighted by Gasteiger charge is 2.02. The van der Waals surface area contributed by atoms with Crippen molar-refractivity contribution in [2.75, 3.05) is 0 Å². The van der Waals surface area contributed by atoms with E-state index in [1.165, 1.54) is 0 Å². The van der Waals surface area contributed by atoms with Crippen LogP contribution in [0.15, 0.2) is 18.3 Å². The lowest BCUT2D eigenvalue weighted by Crippen LogP contribution is -2.11. The largest absolute Gasteiger partial charge is 0.489 e. The Morgan fingerprint density at radius 2 is 2.29 bits per heavy atom. The van der Waals surface area contributed by atoms with Gasteiger partial charge in [-0.3, -0.25) is 4.98 Å². The molecule has 1 aromatic rings. The molecule has 3 heteroatoms. The van der Waals surface area contributed by atoms with Crippen molar-refractivity contribution < 1.29 is 4.74 Å². The SMILES string of the molecule is CCCC(C)Oc1ccc(CBr)nc1. The molecule has 0 radical (unpaired) electrons. The minimum absolute atomic E-state index is 0.275. The number of rotatable bonds is 5. The first kappa shape index (κ1) is 11.5. The quantitative estimate of drug-likeness (QED) is 0.753. The van der Waals surface area contributed by atoms with Crippen molar-refractivity contribution in [3.63, 3.8) is 0 Å². The molecule has 1 unspecified atom stereocenters. The monoisotopic (exact) mass is 257 g/mol. The molecule has 2 nitrogen and oxygen atoms in total. The van der Waals surface area contributed by atoms with Crippen LogP contribution in [0.4, 0.5) is 0 Å². The van der Waals surface area contributed by atoms with E-state index in [1.807, 2.05) is 12.1 Å². The zero-order valence-electron chi connectivity index (χ0n) is 8.66. The van der Waals surface area contributed by atoms with Gasteiger partial charge < -0.3 is 4.74 Å². The zero-order valence-corrected chi connectivity index (χ0v) is 10.3. The third-order valence-electron chi connectivity index (χ3n) is 1.97. The summed E-state index contributed by atoms with van der Waals surface area (Å²) in [5.41, 5.74) is 1.03. The van der Waals surface area contributed by atoms with Gasteiger partial charge in [0.05, 0.1) is 18.0 Å². The second kappa shape index (κ2) is 6.02. The Hall–Kier alpha value is -0.570. The van der Waals surface area contributed by atoms with E-state index in [9.17, 15) is 0 Å². The first-order valence-electron chi connectivity index (χ1n) is 4.93. The Kier molecular flexibility index (Phi) is 4.94. The van der Waals surface area contributed by atoms with Gasteiger partial charge in [-0.1, -0.05) is 29.3 Å². The number of halogens is 1. The van der Waals surface area contributed by atoms with E-state index >= 15 is 0 Å². The van der Waals surface area contributed by atoms with Gasteiger partial charge in [0.1, 0.15) is 5.75 Å². The van der Waals surface area contributed by atoms with Crippen molar-refractivity contribution in [2.24, 2.45) is 0 Å². The number of hydrogen-bond donors (Lipinski definition) is 0. The summed E-state index contributed by atoms with van der Waals surface area (Å²) in [5, 5.41) is 0.789. The number of hydrogen-bond acceptors (Lipinski definition) is 2. The standard InChI is InChI=1S/C11H16BrNO/c1-3-4-9(2)14-11-6-5-10(7-12)13-8-11/h5-6,8-9H,3-4,7H2,1-2H3. The summed E-state index contributed by atoms with van der Waals surface area (Å²) in [6.07, 6.45) is 4.29. The smallest absolute Gasteiger partial charge is 0.138 e. The molecule has 14 heavy (non-hydrogen) atoms. The third kappa shape index (κ3) is 3.66. The van der Waals surface area contributed by atoms with E-state index in [0.717, 1.165) is 29.6 Å². The lowest BCUT2D eigenvalue weighted by Gasteiger charge is -2.13. The molecule has 0 saturated carbocycles. The highest BCUT2D eigenvalue weighted by molar-refractivity contribution is 9.08. The Bertz CT molecular complexity index is 260. The maximum Gasteiger partial charge on any atom is 0.138 e. The Balaban J connectivity index is 2.50. The van der Waals surface area contributed by atoms with E-state index in [1.54, 1.807) is 6.20 Å². The van der Waals surface area contributed by atoms with E-state index in [2.05, 4.69) is 34.8 Å². The van der Waals surface area contributed by atoms with Crippen LogP contribution in [0.25, 0.3) is 0 Å². The van der Waals surface area contributed by atoms with Crippen LogP contribution < -0.4 is 4.74 Å². The van der Waals surface area contributed by atoms with Crippen molar-refractivity contribution in [1.82, 2.24) is 4.98 Å². The van der Waals surface area contributed by atoms with Gasteiger partial charge in [-0.15, -0.1) is 0 Å². The fraction of sp³-hybridized carbons (Fsp3) is 0.545. The van der Waals surface area contributed by atoms with Gasteiger partial charge >= 0.3 is 0 Å². The lowest BCUT2D eigenvalue weighted by molar-refractivity contribution is 0.209. The molecule has 0 aliphatic heterocycles. The van der Waals surface area contributed by atoms with Gasteiger partial charge in [0, 0.05) is 5.33 Å². The molecule has 0 aliphatic rings. The maximum absolute atomic E-state index is 5.68. The van der Waals surface area contributed by atoms with Crippen LogP contribution in [0, 0.1) is 0 Å². The Labute approximate surface area is 93.8 Å². The van der Waals surface area contributed by atoms with Crippen LogP contribution >= 0.6 is 15.9 Å². The second-order valence-electron chi connectivity index (χ2n) is 3.34. The summed E-state index contributed by atoms with van der Waals surface area (Å²) >= 11 is 3.35. The molecule has 0 saturated heterocycles. The van der Waals surface area contributed by atoms with Crippen LogP contribution in [0.3, 0.4) is 0 Å². The summed E-state index contributed by atoms with van der Waals surface area (Å²) in [6, 6.07) is 3.94. The molecule has 0 N–H and O–H groups in total. The summed E-state index contributed by atoms with van der Waals surface area (Å²) in [4.78, 5) is 4.24. The molecule has 1 atom stereocenters. The molecule has 0 amide bonds. The van der Waals surface area contributed by atoms with Gasteiger partial charge in [0.2, 0.25) is 0 Å². The second-order valence-corrected chi connectivity index (χ2v) is 3.90. The molecule has 1 heterocycles. The lowest BCUT2D eigenvalue weighted by atomic mass is 10.2. The maximum atomic E-state index is 5.68. The third-order valence-corrected chi connectivity index (χ3v) is 2.54. The molecule has 0 spiro atoms. The average molecular weight is 258 g/mol. The number of alkyl halides is 1. The summed E-state index contributed by atoms with van der Waals surface area (Å²) in [7, 11) is 0. The van der Waals surface area contributed by atoms with Crippen LogP contribution in [-0.4, -0.2) is 11.1 Å². The highest BCUT2D eigenvalue weighted by atomic mass is 79.9. The van der Waals surface area contributed by atoms with Crippen molar-refractivity contribution in [3.05, 3.63) is 24.0 Å². The molecule has 0 bridgehead atoms. The number of pyridine rings is 1. The van der Waals surface area contributed by atoms with E-state index < -0.39 is 0 Å². The molecule has 1 aromatic heterocycles. The molecular formula is C11H16BrNO. The van der Waals surface area contributed by atoms with Crippen LogP contribution in [0.5, 0.6) is 5.75 Å². The molecule has 0 aromatic carbocycles. The van der Waals surface area contributed by atoms with Crippen LogP contribution in [0.1, 0.15) is 32.4 Å². The zero-order chi connectivity index (χ0) is 10.4. The van der Waals surface area contributed by atoms with E-state index in [-0.39, 0.29) is 6.10 Å². The fourth-order valence-corrected chi connectivity index (χ4v) is 1.59. The van der Waals surface area contributed by atoms with Crippen molar-refractivity contribution in [1.29, 1.82) is 0 Å². The summed E-state index contributed by atoms with van der Waals surface area (Å²) in [6.45, 7) is 4.24. The van der Waals surface area contributed by atoms with Crippen molar-refractivity contribution in [2.45, 2.75) is 38.1 Å². The summed E-state index contributed by atoms with van der Waals surface area (Å²) in [5.74, 6) is 0.857. The predicted molar refractivity (Wildman–Crippen MR) is 61.9 cm³/mol. The van der Waals surface area contributed by atoms with E-state index in [4.69, 9.17) is 4.74 Å². The Morgan fingerprint density at radius 3 is 2.79 bits per heavy atom. The van der Waals surface area contributed by atoms with Gasteiger partial charge in [0.15, 0.2) is 0 Å². The first-order valence-corrected chi connectivity index (χ1v) is 6.06. The topological polar surface area (TPSA) is 22.1 Å². The van der Waals surface area contributed by atoms with E-state index in [0.29, 0.717) is 0 Å². The minimum atomic E-state index is 0.275. The first-order chi connectivity index (χ1) is 6.76. The highest BCUT2D eigenvalue weighted by Crippen LogP contribution is 2.14. The predicted octanol–water partition coefficient (Wildman–Crippen LogP) is 3.54. The molecule has 1 rings (SSSR count). The fourth-order valence-electron chi connectivity index (χ4n) is 1.26.